The van der Waals surface area contributed by atoms with Crippen LogP contribution >= 0.6 is 0 Å². The van der Waals surface area contributed by atoms with E-state index in [0.717, 1.165) is 30.6 Å². The topological polar surface area (TPSA) is 138 Å². The van der Waals surface area contributed by atoms with Crippen LogP contribution in [0, 0.1) is 6.92 Å². The standard InChI is InChI=1S/C29H38N6O5/c1-22-7-3-4-8-24(22)32-29(39)33-25-10-9-23(19-26(25)40-2)20-27(36)31-12-5-14-34(17-11-28(37)38)15-6-16-35-18-13-30-21-35/h3-4,7-10,13,18-19,21H,5-6,11-12,14-17,20H2,1-2H3,(H,31,36)(H,37,38)(H2,32,33,39). The van der Waals surface area contributed by atoms with Gasteiger partial charge in [0.1, 0.15) is 5.75 Å². The van der Waals surface area contributed by atoms with Crippen molar-refractivity contribution in [3.8, 4) is 5.75 Å². The van der Waals surface area contributed by atoms with Gasteiger partial charge in [-0.05, 0) is 62.2 Å². The molecule has 11 heteroatoms. The molecule has 0 fully saturated rings. The lowest BCUT2D eigenvalue weighted by atomic mass is 10.1. The van der Waals surface area contributed by atoms with Gasteiger partial charge in [0.15, 0.2) is 0 Å². The smallest absolute Gasteiger partial charge is 0.323 e. The first kappa shape index (κ1) is 30.2. The number of para-hydroxylation sites is 1. The molecule has 0 aliphatic rings. The number of carbonyl (C=O) groups is 3. The number of benzene rings is 2. The molecule has 3 aromatic rings. The summed E-state index contributed by atoms with van der Waals surface area (Å²) in [6.07, 6.45) is 7.23. The van der Waals surface area contributed by atoms with Gasteiger partial charge in [-0.1, -0.05) is 24.3 Å². The average Bonchev–Trinajstić information content (AvgIpc) is 3.45. The van der Waals surface area contributed by atoms with E-state index in [-0.39, 0.29) is 18.7 Å². The minimum atomic E-state index is -0.823. The largest absolute Gasteiger partial charge is 0.495 e. The zero-order valence-corrected chi connectivity index (χ0v) is 23.1. The van der Waals surface area contributed by atoms with E-state index in [0.29, 0.717) is 43.2 Å². The molecule has 0 aliphatic heterocycles. The third-order valence-electron chi connectivity index (χ3n) is 6.34. The van der Waals surface area contributed by atoms with Crippen molar-refractivity contribution in [3.63, 3.8) is 0 Å². The molecular formula is C29H38N6O5. The van der Waals surface area contributed by atoms with E-state index in [1.54, 1.807) is 30.7 Å². The van der Waals surface area contributed by atoms with Crippen molar-refractivity contribution < 1.29 is 24.2 Å². The molecule has 3 amide bonds. The molecular weight excluding hydrogens is 512 g/mol. The predicted molar refractivity (Wildman–Crippen MR) is 154 cm³/mol. The van der Waals surface area contributed by atoms with Gasteiger partial charge in [0.2, 0.25) is 5.91 Å². The van der Waals surface area contributed by atoms with Crippen molar-refractivity contribution in [2.45, 2.75) is 39.2 Å². The van der Waals surface area contributed by atoms with Crippen LogP contribution in [0.3, 0.4) is 0 Å². The maximum absolute atomic E-state index is 12.5. The Hall–Kier alpha value is -4.38. The molecule has 40 heavy (non-hydrogen) atoms. The number of aliphatic carboxylic acids is 1. The molecule has 0 bridgehead atoms. The zero-order valence-electron chi connectivity index (χ0n) is 23.1. The number of carbonyl (C=O) groups excluding carboxylic acids is 2. The highest BCUT2D eigenvalue weighted by Gasteiger charge is 2.12. The van der Waals surface area contributed by atoms with Gasteiger partial charge in [-0.2, -0.15) is 0 Å². The fraction of sp³-hybridized carbons (Fsp3) is 0.379. The number of urea groups is 1. The summed E-state index contributed by atoms with van der Waals surface area (Å²) < 4.78 is 7.43. The van der Waals surface area contributed by atoms with E-state index in [1.165, 1.54) is 7.11 Å². The van der Waals surface area contributed by atoms with E-state index in [2.05, 4.69) is 25.8 Å². The number of carboxylic acids is 1. The first-order valence-corrected chi connectivity index (χ1v) is 13.3. The highest BCUT2D eigenvalue weighted by molar-refractivity contribution is 6.01. The van der Waals surface area contributed by atoms with Crippen LogP contribution in [0.5, 0.6) is 5.75 Å². The molecule has 0 radical (unpaired) electrons. The Morgan fingerprint density at radius 3 is 2.52 bits per heavy atom. The number of hydrogen-bond acceptors (Lipinski definition) is 6. The summed E-state index contributed by atoms with van der Waals surface area (Å²) in [5.41, 5.74) is 2.91. The molecule has 0 spiro atoms. The first-order chi connectivity index (χ1) is 19.3. The Balaban J connectivity index is 1.43. The summed E-state index contributed by atoms with van der Waals surface area (Å²) in [4.78, 5) is 42.2. The second kappa shape index (κ2) is 15.9. The highest BCUT2D eigenvalue weighted by atomic mass is 16.5. The number of ether oxygens (including phenoxy) is 1. The number of nitrogens with zero attached hydrogens (tertiary/aromatic N) is 3. The Kier molecular flexibility index (Phi) is 12.0. The van der Waals surface area contributed by atoms with Gasteiger partial charge in [0.05, 0.1) is 32.0 Å². The summed E-state index contributed by atoms with van der Waals surface area (Å²) in [6, 6.07) is 12.3. The average molecular weight is 551 g/mol. The number of amides is 3. The Morgan fingerprint density at radius 2 is 1.80 bits per heavy atom. The molecule has 1 heterocycles. The van der Waals surface area contributed by atoms with Crippen LogP contribution in [0.25, 0.3) is 0 Å². The van der Waals surface area contributed by atoms with Crippen LogP contribution in [0.2, 0.25) is 0 Å². The number of aryl methyl sites for hydroxylation is 2. The Labute approximate surface area is 234 Å². The van der Waals surface area contributed by atoms with Crippen molar-refractivity contribution in [1.29, 1.82) is 0 Å². The summed E-state index contributed by atoms with van der Waals surface area (Å²) >= 11 is 0. The van der Waals surface area contributed by atoms with Crippen molar-refractivity contribution in [2.75, 3.05) is 43.9 Å². The lowest BCUT2D eigenvalue weighted by Crippen LogP contribution is -2.33. The number of carboxylic acid groups (broad SMARTS) is 1. The zero-order chi connectivity index (χ0) is 28.7. The SMILES string of the molecule is COc1cc(CC(=O)NCCCN(CCCn2ccnc2)CCC(=O)O)ccc1NC(=O)Nc1ccccc1C. The fourth-order valence-electron chi connectivity index (χ4n) is 4.20. The van der Waals surface area contributed by atoms with Crippen LogP contribution in [0.15, 0.2) is 61.2 Å². The summed E-state index contributed by atoms with van der Waals surface area (Å²) in [7, 11) is 1.51. The second-order valence-corrected chi connectivity index (χ2v) is 9.45. The quantitative estimate of drug-likeness (QED) is 0.199. The Bertz CT molecular complexity index is 1250. The van der Waals surface area contributed by atoms with E-state index in [1.807, 2.05) is 42.0 Å². The molecule has 2 aromatic carbocycles. The molecule has 11 nitrogen and oxygen atoms in total. The fourth-order valence-corrected chi connectivity index (χ4v) is 4.20. The lowest BCUT2D eigenvalue weighted by molar-refractivity contribution is -0.137. The van der Waals surface area contributed by atoms with Crippen LogP contribution < -0.4 is 20.7 Å². The van der Waals surface area contributed by atoms with Crippen LogP contribution in [-0.4, -0.2) is 70.8 Å². The van der Waals surface area contributed by atoms with E-state index < -0.39 is 12.0 Å². The van der Waals surface area contributed by atoms with Gasteiger partial charge >= 0.3 is 12.0 Å². The molecule has 0 saturated heterocycles. The van der Waals surface area contributed by atoms with Gasteiger partial charge < -0.3 is 35.3 Å². The number of imidazole rings is 1. The van der Waals surface area contributed by atoms with Gasteiger partial charge in [-0.15, -0.1) is 0 Å². The van der Waals surface area contributed by atoms with Gasteiger partial charge in [-0.25, -0.2) is 9.78 Å². The van der Waals surface area contributed by atoms with E-state index >= 15 is 0 Å². The number of rotatable bonds is 16. The molecule has 0 aliphatic carbocycles. The van der Waals surface area contributed by atoms with Crippen molar-refractivity contribution in [2.24, 2.45) is 0 Å². The number of aromatic nitrogens is 2. The second-order valence-electron chi connectivity index (χ2n) is 9.45. The van der Waals surface area contributed by atoms with Crippen LogP contribution in [0.4, 0.5) is 16.2 Å². The van der Waals surface area contributed by atoms with Crippen LogP contribution in [0.1, 0.15) is 30.4 Å². The third-order valence-corrected chi connectivity index (χ3v) is 6.34. The van der Waals surface area contributed by atoms with Crippen molar-refractivity contribution in [1.82, 2.24) is 19.8 Å². The number of methoxy groups -OCH3 is 1. The lowest BCUT2D eigenvalue weighted by Gasteiger charge is -2.21. The summed E-state index contributed by atoms with van der Waals surface area (Å²) in [6.45, 7) is 5.14. The minimum absolute atomic E-state index is 0.0810. The van der Waals surface area contributed by atoms with Crippen molar-refractivity contribution >= 4 is 29.3 Å². The molecule has 1 aromatic heterocycles. The molecule has 3 rings (SSSR count). The van der Waals surface area contributed by atoms with Crippen molar-refractivity contribution in [3.05, 3.63) is 72.3 Å². The number of anilines is 2. The minimum Gasteiger partial charge on any atom is -0.495 e. The first-order valence-electron chi connectivity index (χ1n) is 13.3. The monoisotopic (exact) mass is 550 g/mol. The third kappa shape index (κ3) is 10.4. The summed E-state index contributed by atoms with van der Waals surface area (Å²) in [5, 5.41) is 17.6. The maximum Gasteiger partial charge on any atom is 0.323 e. The van der Waals surface area contributed by atoms with Gasteiger partial charge in [0.25, 0.3) is 0 Å². The van der Waals surface area contributed by atoms with Crippen LogP contribution in [-0.2, 0) is 22.6 Å². The highest BCUT2D eigenvalue weighted by Crippen LogP contribution is 2.26. The normalized spacial score (nSPS) is 10.8. The molecule has 0 atom stereocenters. The maximum atomic E-state index is 12.5. The molecule has 214 valence electrons. The van der Waals surface area contributed by atoms with Gasteiger partial charge in [0, 0.05) is 37.7 Å². The molecule has 4 N–H and O–H groups in total. The number of nitrogens with one attached hydrogen (secondary N) is 3. The predicted octanol–water partition coefficient (Wildman–Crippen LogP) is 3.76. The number of hydrogen-bond donors (Lipinski definition) is 4. The summed E-state index contributed by atoms with van der Waals surface area (Å²) in [5.74, 6) is -0.497. The molecule has 0 unspecified atom stereocenters. The van der Waals surface area contributed by atoms with Gasteiger partial charge in [-0.3, -0.25) is 9.59 Å². The van der Waals surface area contributed by atoms with E-state index in [9.17, 15) is 14.4 Å². The Morgan fingerprint density at radius 1 is 1.02 bits per heavy atom. The molecule has 0 saturated carbocycles. The van der Waals surface area contributed by atoms with E-state index in [4.69, 9.17) is 9.84 Å².